The number of amidine groups is 1. The van der Waals surface area contributed by atoms with E-state index in [4.69, 9.17) is 15.9 Å². The van der Waals surface area contributed by atoms with Crippen LogP contribution >= 0.6 is 0 Å². The number of nitrogens with one attached hydrogen (secondary N) is 4. The van der Waals surface area contributed by atoms with Crippen molar-refractivity contribution in [3.8, 4) is 11.3 Å². The zero-order valence-corrected chi connectivity index (χ0v) is 24.1. The van der Waals surface area contributed by atoms with Gasteiger partial charge in [0.15, 0.2) is 5.82 Å². The van der Waals surface area contributed by atoms with E-state index in [1.165, 1.54) is 29.0 Å². The molecule has 222 valence electrons. The molecule has 2 aromatic carbocycles. The van der Waals surface area contributed by atoms with E-state index in [1.807, 2.05) is 13.8 Å². The Morgan fingerprint density at radius 3 is 2.36 bits per heavy atom. The van der Waals surface area contributed by atoms with Crippen molar-refractivity contribution in [1.82, 2.24) is 20.2 Å². The smallest absolute Gasteiger partial charge is 0.413 e. The lowest BCUT2D eigenvalue weighted by atomic mass is 10.1. The number of anilines is 2. The Balaban J connectivity index is 1.77. The van der Waals surface area contributed by atoms with Gasteiger partial charge in [-0.1, -0.05) is 24.3 Å². The number of ether oxygens (including phenoxy) is 1. The number of carboxylic acid groups (broad SMARTS) is 1. The first kappa shape index (κ1) is 31.3. The number of nitrogen functional groups attached to an aromatic ring is 1. The van der Waals surface area contributed by atoms with Crippen LogP contribution in [0.2, 0.25) is 0 Å². The summed E-state index contributed by atoms with van der Waals surface area (Å²) in [6.45, 7) is 8.59. The molecule has 0 aliphatic rings. The second-order valence-electron chi connectivity index (χ2n) is 10.8. The van der Waals surface area contributed by atoms with Gasteiger partial charge in [0.2, 0.25) is 5.91 Å². The minimum absolute atomic E-state index is 0.0435. The summed E-state index contributed by atoms with van der Waals surface area (Å²) in [5.74, 6) is -1.77. The molecule has 0 bridgehead atoms. The highest BCUT2D eigenvalue weighted by Gasteiger charge is 2.19. The monoisotopic (exact) mass is 577 g/mol. The molecule has 0 atom stereocenters. The third kappa shape index (κ3) is 8.65. The molecule has 2 amide bonds. The summed E-state index contributed by atoms with van der Waals surface area (Å²) in [7, 11) is 0. The maximum Gasteiger partial charge on any atom is 0.413 e. The zero-order chi connectivity index (χ0) is 31.2. The van der Waals surface area contributed by atoms with Crippen LogP contribution < -0.4 is 27.2 Å². The standard InChI is InChI=1S/C29H35N7O6/c1-16(2)34-25-26(38)36(22(14-33-25)19-10-20(27(39)40)12-21(30)11-19)15-23(37)32-13-17-6-8-18(9-7-17)24(31)35-28(41)42-29(3,4)5/h6-12,14,16H,13,15,30H2,1-5H3,(H,32,37)(H,33,34)(H,39,40)(H2,31,35,41). The van der Waals surface area contributed by atoms with Gasteiger partial charge < -0.3 is 26.2 Å². The van der Waals surface area contributed by atoms with Crippen molar-refractivity contribution in [2.75, 3.05) is 11.1 Å². The fourth-order valence-electron chi connectivity index (χ4n) is 3.84. The molecule has 42 heavy (non-hydrogen) atoms. The third-order valence-electron chi connectivity index (χ3n) is 5.64. The van der Waals surface area contributed by atoms with Crippen LogP contribution in [0.4, 0.5) is 16.3 Å². The Hall–Kier alpha value is -5.20. The Morgan fingerprint density at radius 2 is 1.76 bits per heavy atom. The number of carbonyl (C=O) groups is 3. The molecule has 7 N–H and O–H groups in total. The fraction of sp³-hybridized carbons (Fsp3) is 0.310. The van der Waals surface area contributed by atoms with Crippen LogP contribution in [0.15, 0.2) is 53.5 Å². The maximum atomic E-state index is 13.3. The number of hydrogen-bond acceptors (Lipinski definition) is 9. The van der Waals surface area contributed by atoms with Gasteiger partial charge in [0.25, 0.3) is 5.56 Å². The molecule has 1 aromatic heterocycles. The number of rotatable bonds is 9. The number of nitrogens with two attached hydrogens (primary N) is 1. The number of aromatic nitrogens is 2. The summed E-state index contributed by atoms with van der Waals surface area (Å²) < 4.78 is 6.37. The molecule has 3 rings (SSSR count). The van der Waals surface area contributed by atoms with E-state index >= 15 is 0 Å². The average Bonchev–Trinajstić information content (AvgIpc) is 2.88. The lowest BCUT2D eigenvalue weighted by Gasteiger charge is -2.19. The van der Waals surface area contributed by atoms with E-state index in [0.717, 1.165) is 0 Å². The van der Waals surface area contributed by atoms with Crippen LogP contribution in [0.25, 0.3) is 11.3 Å². The Kier molecular flexibility index (Phi) is 9.68. The van der Waals surface area contributed by atoms with Gasteiger partial charge in [0.1, 0.15) is 18.0 Å². The number of carbonyl (C=O) groups excluding carboxylic acids is 2. The van der Waals surface area contributed by atoms with Crippen molar-refractivity contribution in [3.63, 3.8) is 0 Å². The molecule has 0 spiro atoms. The molecular weight excluding hydrogens is 542 g/mol. The van der Waals surface area contributed by atoms with Crippen molar-refractivity contribution in [3.05, 3.63) is 75.7 Å². The van der Waals surface area contributed by atoms with Crippen molar-refractivity contribution in [2.45, 2.75) is 59.4 Å². The molecule has 0 saturated carbocycles. The lowest BCUT2D eigenvalue weighted by molar-refractivity contribution is -0.121. The van der Waals surface area contributed by atoms with Gasteiger partial charge >= 0.3 is 12.1 Å². The third-order valence-corrected chi connectivity index (χ3v) is 5.64. The first-order valence-electron chi connectivity index (χ1n) is 13.1. The van der Waals surface area contributed by atoms with Gasteiger partial charge in [-0.2, -0.15) is 0 Å². The lowest BCUT2D eigenvalue weighted by Crippen LogP contribution is -2.36. The Bertz CT molecular complexity index is 1560. The quantitative estimate of drug-likeness (QED) is 0.125. The molecule has 0 radical (unpaired) electrons. The SMILES string of the molecule is CC(C)Nc1ncc(-c2cc(N)cc(C(=O)O)c2)n(CC(=O)NCc2ccc(C(=N)NC(=O)OC(C)(C)C)cc2)c1=O. The predicted molar refractivity (Wildman–Crippen MR) is 159 cm³/mol. The van der Waals surface area contributed by atoms with Gasteiger partial charge in [0, 0.05) is 29.4 Å². The topological polar surface area (TPSA) is 202 Å². The number of hydrogen-bond donors (Lipinski definition) is 6. The van der Waals surface area contributed by atoms with Crippen LogP contribution in [0.1, 0.15) is 56.1 Å². The zero-order valence-electron chi connectivity index (χ0n) is 24.1. The fourth-order valence-corrected chi connectivity index (χ4v) is 3.84. The second-order valence-corrected chi connectivity index (χ2v) is 10.8. The molecular formula is C29H35N7O6. The minimum atomic E-state index is -1.19. The van der Waals surface area contributed by atoms with Crippen molar-refractivity contribution in [2.24, 2.45) is 0 Å². The molecule has 0 aliphatic carbocycles. The molecule has 3 aromatic rings. The van der Waals surface area contributed by atoms with E-state index in [-0.39, 0.29) is 47.7 Å². The van der Waals surface area contributed by atoms with Gasteiger partial charge in [0.05, 0.1) is 17.5 Å². The summed E-state index contributed by atoms with van der Waals surface area (Å²) in [6, 6.07) is 10.7. The maximum absolute atomic E-state index is 13.3. The largest absolute Gasteiger partial charge is 0.478 e. The van der Waals surface area contributed by atoms with Crippen molar-refractivity contribution in [1.29, 1.82) is 5.41 Å². The van der Waals surface area contributed by atoms with E-state index in [0.29, 0.717) is 16.7 Å². The first-order valence-corrected chi connectivity index (χ1v) is 13.1. The van der Waals surface area contributed by atoms with Crippen LogP contribution in [-0.2, 0) is 22.6 Å². The Morgan fingerprint density at radius 1 is 1.10 bits per heavy atom. The van der Waals surface area contributed by atoms with Gasteiger partial charge in [-0.05, 0) is 58.4 Å². The average molecular weight is 578 g/mol. The molecule has 1 heterocycles. The summed E-state index contributed by atoms with van der Waals surface area (Å²) in [5.41, 5.74) is 6.45. The molecule has 0 fully saturated rings. The first-order chi connectivity index (χ1) is 19.6. The highest BCUT2D eigenvalue weighted by Crippen LogP contribution is 2.23. The molecule has 0 saturated heterocycles. The normalized spacial score (nSPS) is 11.1. The van der Waals surface area contributed by atoms with E-state index in [2.05, 4.69) is 20.9 Å². The number of alkyl carbamates (subject to hydrolysis) is 1. The number of aromatic carboxylic acids is 1. The van der Waals surface area contributed by atoms with E-state index < -0.39 is 29.1 Å². The van der Waals surface area contributed by atoms with E-state index in [9.17, 15) is 24.3 Å². The highest BCUT2D eigenvalue weighted by atomic mass is 16.6. The number of benzene rings is 2. The van der Waals surface area contributed by atoms with Crippen LogP contribution in [0.3, 0.4) is 0 Å². The molecule has 0 unspecified atom stereocenters. The second kappa shape index (κ2) is 13.0. The van der Waals surface area contributed by atoms with E-state index in [1.54, 1.807) is 45.0 Å². The summed E-state index contributed by atoms with van der Waals surface area (Å²) >= 11 is 0. The Labute approximate surface area is 242 Å². The summed E-state index contributed by atoms with van der Waals surface area (Å²) in [4.78, 5) is 54.0. The summed E-state index contributed by atoms with van der Waals surface area (Å²) in [6.07, 6.45) is 0.650. The number of amides is 2. The predicted octanol–water partition coefficient (Wildman–Crippen LogP) is 3.18. The summed E-state index contributed by atoms with van der Waals surface area (Å²) in [5, 5.41) is 25.6. The van der Waals surface area contributed by atoms with Crippen LogP contribution in [0.5, 0.6) is 0 Å². The van der Waals surface area contributed by atoms with Gasteiger partial charge in [-0.15, -0.1) is 0 Å². The number of nitrogens with zero attached hydrogens (tertiary/aromatic N) is 2. The molecule has 0 aliphatic heterocycles. The van der Waals surface area contributed by atoms with Crippen molar-refractivity contribution >= 4 is 35.3 Å². The van der Waals surface area contributed by atoms with Gasteiger partial charge in [-0.25, -0.2) is 14.6 Å². The molecule has 13 heteroatoms. The number of carboxylic acids is 1. The highest BCUT2D eigenvalue weighted by molar-refractivity contribution is 6.04. The molecule has 13 nitrogen and oxygen atoms in total. The van der Waals surface area contributed by atoms with Crippen LogP contribution in [-0.4, -0.2) is 50.1 Å². The minimum Gasteiger partial charge on any atom is -0.478 e. The van der Waals surface area contributed by atoms with Crippen molar-refractivity contribution < 1.29 is 24.2 Å². The van der Waals surface area contributed by atoms with Crippen LogP contribution in [0, 0.1) is 5.41 Å². The van der Waals surface area contributed by atoms with Gasteiger partial charge in [-0.3, -0.25) is 24.9 Å².